The number of benzene rings is 2. The van der Waals surface area contributed by atoms with Crippen LogP contribution in [0, 0.1) is 17.4 Å². The van der Waals surface area contributed by atoms with Gasteiger partial charge in [-0.1, -0.05) is 25.1 Å². The third-order valence-electron chi connectivity index (χ3n) is 6.10. The first-order valence-electron chi connectivity index (χ1n) is 10.6. The smallest absolute Gasteiger partial charge is 0.339 e. The van der Waals surface area contributed by atoms with Crippen molar-refractivity contribution in [2.75, 3.05) is 7.11 Å². The van der Waals surface area contributed by atoms with E-state index in [9.17, 15) is 4.79 Å². The van der Waals surface area contributed by atoms with Crippen LogP contribution in [-0.2, 0) is 20.7 Å². The van der Waals surface area contributed by atoms with Crippen LogP contribution in [0.2, 0.25) is 0 Å². The Kier molecular flexibility index (Phi) is 6.03. The highest BCUT2D eigenvalue weighted by atomic mass is 127. The maximum absolute atomic E-state index is 12.8. The van der Waals surface area contributed by atoms with Crippen LogP contribution in [0.3, 0.4) is 0 Å². The molecule has 4 heteroatoms. The van der Waals surface area contributed by atoms with Gasteiger partial charge in [0.25, 0.3) is 0 Å². The van der Waals surface area contributed by atoms with Crippen LogP contribution in [0.15, 0.2) is 24.3 Å². The van der Waals surface area contributed by atoms with Gasteiger partial charge in [-0.15, -0.1) is 0 Å². The van der Waals surface area contributed by atoms with Gasteiger partial charge in [-0.2, -0.15) is 0 Å². The van der Waals surface area contributed by atoms with Crippen LogP contribution >= 0.6 is 22.6 Å². The molecule has 0 heterocycles. The van der Waals surface area contributed by atoms with Crippen LogP contribution in [0.5, 0.6) is 0 Å². The predicted octanol–water partition coefficient (Wildman–Crippen LogP) is 6.41. The summed E-state index contributed by atoms with van der Waals surface area (Å²) in [4.78, 5) is 12.8. The van der Waals surface area contributed by atoms with E-state index in [2.05, 4.69) is 67.6 Å². The molecule has 2 saturated carbocycles. The van der Waals surface area contributed by atoms with Crippen LogP contribution < -0.4 is 0 Å². The van der Waals surface area contributed by atoms with Crippen molar-refractivity contribution in [3.63, 3.8) is 0 Å². The van der Waals surface area contributed by atoms with Gasteiger partial charge in [0, 0.05) is 9.13 Å². The highest BCUT2D eigenvalue weighted by Crippen LogP contribution is 2.50. The van der Waals surface area contributed by atoms with E-state index in [0.717, 1.165) is 30.4 Å². The summed E-state index contributed by atoms with van der Waals surface area (Å²) < 4.78 is 12.7. The first-order chi connectivity index (χ1) is 13.9. The number of halogens is 1. The van der Waals surface area contributed by atoms with Crippen molar-refractivity contribution in [2.24, 2.45) is 0 Å². The van der Waals surface area contributed by atoms with Crippen molar-refractivity contribution >= 4 is 28.6 Å². The summed E-state index contributed by atoms with van der Waals surface area (Å²) in [7, 11) is 1.45. The number of ether oxygens (including phenoxy) is 2. The Balaban J connectivity index is 1.97. The van der Waals surface area contributed by atoms with E-state index in [0.29, 0.717) is 5.92 Å². The van der Waals surface area contributed by atoms with Crippen molar-refractivity contribution in [3.05, 3.63) is 55.7 Å². The quantitative estimate of drug-likeness (QED) is 0.323. The van der Waals surface area contributed by atoms with E-state index < -0.39 is 6.10 Å². The summed E-state index contributed by atoms with van der Waals surface area (Å²) in [5.74, 6) is 0.272. The molecule has 0 bridgehead atoms. The summed E-state index contributed by atoms with van der Waals surface area (Å²) in [5, 5.41) is 0. The Morgan fingerprint density at radius 3 is 2.45 bits per heavy atom. The molecule has 0 radical (unpaired) electrons. The number of hydrogen-bond acceptors (Lipinski definition) is 3. The fourth-order valence-corrected chi connectivity index (χ4v) is 5.36. The number of hydrogen-bond donors (Lipinski definition) is 0. The third-order valence-corrected chi connectivity index (χ3v) is 6.99. The molecular formula is C25H29IO3. The molecule has 4 rings (SSSR count). The van der Waals surface area contributed by atoms with Gasteiger partial charge in [0.15, 0.2) is 6.10 Å². The van der Waals surface area contributed by atoms with Crippen molar-refractivity contribution in [2.45, 2.75) is 71.0 Å². The summed E-state index contributed by atoms with van der Waals surface area (Å²) in [6, 6.07) is 8.94. The van der Waals surface area contributed by atoms with Gasteiger partial charge in [0.05, 0.1) is 13.2 Å². The minimum atomic E-state index is -0.664. The zero-order valence-corrected chi connectivity index (χ0v) is 19.8. The van der Waals surface area contributed by atoms with Gasteiger partial charge in [-0.3, -0.25) is 0 Å². The number of carbonyl (C=O) groups excluding carboxylic acids is 1. The summed E-state index contributed by atoms with van der Waals surface area (Å²) in [5.41, 5.74) is 8.53. The lowest BCUT2D eigenvalue weighted by molar-refractivity contribution is -0.155. The fourth-order valence-electron chi connectivity index (χ4n) is 4.18. The van der Waals surface area contributed by atoms with Gasteiger partial charge in [0.2, 0.25) is 0 Å². The number of methoxy groups -OCH3 is 1. The molecule has 0 aromatic heterocycles. The molecule has 154 valence electrons. The van der Waals surface area contributed by atoms with E-state index >= 15 is 0 Å². The Hall–Kier alpha value is -1.40. The Morgan fingerprint density at radius 2 is 1.86 bits per heavy atom. The molecule has 0 spiro atoms. The van der Waals surface area contributed by atoms with Crippen LogP contribution in [0.4, 0.5) is 0 Å². The second-order valence-corrected chi connectivity index (χ2v) is 9.55. The van der Waals surface area contributed by atoms with Gasteiger partial charge >= 0.3 is 5.97 Å². The molecule has 2 fully saturated rings. The summed E-state index contributed by atoms with van der Waals surface area (Å²) in [6.07, 6.45) is 4.96. The van der Waals surface area contributed by atoms with Gasteiger partial charge in [-0.25, -0.2) is 4.79 Å². The van der Waals surface area contributed by atoms with Gasteiger partial charge < -0.3 is 9.47 Å². The molecule has 0 N–H and O–H groups in total. The maximum Gasteiger partial charge on any atom is 0.339 e. The fraction of sp³-hybridized carbons (Fsp3) is 0.480. The van der Waals surface area contributed by atoms with Crippen molar-refractivity contribution in [1.29, 1.82) is 0 Å². The largest absolute Gasteiger partial charge is 0.467 e. The average Bonchev–Trinajstić information content (AvgIpc) is 3.60. The first kappa shape index (κ1) is 20.9. The topological polar surface area (TPSA) is 35.5 Å². The molecule has 1 unspecified atom stereocenters. The van der Waals surface area contributed by atoms with Crippen molar-refractivity contribution < 1.29 is 14.3 Å². The van der Waals surface area contributed by atoms with Crippen molar-refractivity contribution in [1.82, 2.24) is 0 Å². The van der Waals surface area contributed by atoms with E-state index in [1.165, 1.54) is 51.3 Å². The molecule has 2 aliphatic carbocycles. The predicted molar refractivity (Wildman–Crippen MR) is 124 cm³/mol. The number of aryl methyl sites for hydroxylation is 3. The molecule has 0 saturated heterocycles. The normalized spacial score (nSPS) is 17.3. The SMILES string of the molecule is CCc1cc(-c2c(C3CC3)c(I)cc(C)c2C(OC2CC2)C(=O)OC)ccc1C. The molecule has 2 aromatic carbocycles. The lowest BCUT2D eigenvalue weighted by atomic mass is 9.85. The number of rotatable bonds is 7. The zero-order chi connectivity index (χ0) is 20.7. The number of carbonyl (C=O) groups is 1. The van der Waals surface area contributed by atoms with Gasteiger partial charge in [0.1, 0.15) is 0 Å². The Morgan fingerprint density at radius 1 is 1.14 bits per heavy atom. The standard InChI is InChI=1S/C25H29IO3/c1-5-16-13-18(7-6-14(16)2)23-21(24(25(27)28-4)29-19-10-11-19)15(3)12-20(26)22(23)17-8-9-17/h6-7,12-13,17,19,24H,5,8-11H2,1-4H3. The lowest BCUT2D eigenvalue weighted by Crippen LogP contribution is -2.21. The van der Waals surface area contributed by atoms with Gasteiger partial charge in [-0.05, 0) is 114 Å². The Labute approximate surface area is 187 Å². The molecule has 3 nitrogen and oxygen atoms in total. The van der Waals surface area contributed by atoms with E-state index in [4.69, 9.17) is 9.47 Å². The number of esters is 1. The van der Waals surface area contributed by atoms with Crippen molar-refractivity contribution in [3.8, 4) is 11.1 Å². The zero-order valence-electron chi connectivity index (χ0n) is 17.7. The van der Waals surface area contributed by atoms with E-state index in [1.54, 1.807) is 0 Å². The highest BCUT2D eigenvalue weighted by Gasteiger charge is 2.38. The molecule has 0 amide bonds. The Bertz CT molecular complexity index is 942. The second-order valence-electron chi connectivity index (χ2n) is 8.39. The molecule has 0 aliphatic heterocycles. The highest BCUT2D eigenvalue weighted by molar-refractivity contribution is 14.1. The second kappa shape index (κ2) is 8.38. The maximum atomic E-state index is 12.8. The average molecular weight is 504 g/mol. The molecule has 1 atom stereocenters. The minimum absolute atomic E-state index is 0.166. The van der Waals surface area contributed by atoms with Crippen LogP contribution in [-0.4, -0.2) is 19.2 Å². The first-order valence-corrected chi connectivity index (χ1v) is 11.7. The monoisotopic (exact) mass is 504 g/mol. The molecule has 29 heavy (non-hydrogen) atoms. The minimum Gasteiger partial charge on any atom is -0.467 e. The van der Waals surface area contributed by atoms with E-state index in [-0.39, 0.29) is 12.1 Å². The summed E-state index contributed by atoms with van der Waals surface area (Å²) in [6.45, 7) is 6.46. The lowest BCUT2D eigenvalue weighted by Gasteiger charge is -2.25. The molecule has 2 aromatic rings. The van der Waals surface area contributed by atoms with Crippen LogP contribution in [0.25, 0.3) is 11.1 Å². The van der Waals surface area contributed by atoms with E-state index in [1.807, 2.05) is 0 Å². The summed E-state index contributed by atoms with van der Waals surface area (Å²) >= 11 is 2.47. The molecular weight excluding hydrogens is 475 g/mol. The third kappa shape index (κ3) is 4.24. The van der Waals surface area contributed by atoms with Crippen LogP contribution in [0.1, 0.15) is 72.4 Å². The molecule has 2 aliphatic rings.